The van der Waals surface area contributed by atoms with Gasteiger partial charge in [0.25, 0.3) is 0 Å². The first-order chi connectivity index (χ1) is 10.3. The highest BCUT2D eigenvalue weighted by molar-refractivity contribution is 7.11. The van der Waals surface area contributed by atoms with E-state index in [2.05, 4.69) is 46.7 Å². The van der Waals surface area contributed by atoms with Crippen LogP contribution in [-0.4, -0.2) is 30.5 Å². The molecular formula is C16H23N3OS. The maximum atomic E-state index is 5.08. The number of rotatable bonds is 9. The Bertz CT molecular complexity index is 515. The molecule has 2 rings (SSSR count). The van der Waals surface area contributed by atoms with Gasteiger partial charge in [-0.15, -0.1) is 10.2 Å². The molecule has 1 unspecified atom stereocenters. The molecule has 1 aromatic carbocycles. The monoisotopic (exact) mass is 305 g/mol. The van der Waals surface area contributed by atoms with E-state index in [9.17, 15) is 0 Å². The lowest BCUT2D eigenvalue weighted by atomic mass is 10.1. The molecule has 0 fully saturated rings. The molecule has 4 nitrogen and oxygen atoms in total. The molecule has 0 aliphatic rings. The van der Waals surface area contributed by atoms with Crippen LogP contribution in [0.2, 0.25) is 0 Å². The van der Waals surface area contributed by atoms with E-state index in [1.165, 1.54) is 5.56 Å². The SMILES string of the molecule is CCCNC(c1ccccc1)c1nnc(CCCOC)s1. The molecule has 0 radical (unpaired) electrons. The summed E-state index contributed by atoms with van der Waals surface area (Å²) in [4.78, 5) is 0. The molecule has 1 aromatic heterocycles. The third kappa shape index (κ3) is 4.88. The largest absolute Gasteiger partial charge is 0.385 e. The number of hydrogen-bond acceptors (Lipinski definition) is 5. The Hall–Kier alpha value is -1.30. The molecule has 114 valence electrons. The number of methoxy groups -OCH3 is 1. The molecule has 0 saturated carbocycles. The summed E-state index contributed by atoms with van der Waals surface area (Å²) < 4.78 is 5.08. The van der Waals surface area contributed by atoms with Crippen LogP contribution in [0.15, 0.2) is 30.3 Å². The third-order valence-electron chi connectivity index (χ3n) is 3.20. The van der Waals surface area contributed by atoms with E-state index in [0.717, 1.165) is 42.4 Å². The van der Waals surface area contributed by atoms with Crippen LogP contribution in [0, 0.1) is 0 Å². The fourth-order valence-electron chi connectivity index (χ4n) is 2.13. The Morgan fingerprint density at radius 2 is 2.05 bits per heavy atom. The van der Waals surface area contributed by atoms with Crippen molar-refractivity contribution in [2.45, 2.75) is 32.2 Å². The second kappa shape index (κ2) is 8.87. The molecule has 2 aromatic rings. The first kappa shape index (κ1) is 16.1. The highest BCUT2D eigenvalue weighted by Gasteiger charge is 2.17. The molecular weight excluding hydrogens is 282 g/mol. The van der Waals surface area contributed by atoms with Crippen LogP contribution >= 0.6 is 11.3 Å². The second-order valence-corrected chi connectivity index (χ2v) is 6.02. The Labute approximate surface area is 130 Å². The molecule has 0 saturated heterocycles. The first-order valence-electron chi connectivity index (χ1n) is 7.44. The summed E-state index contributed by atoms with van der Waals surface area (Å²) in [7, 11) is 1.73. The van der Waals surface area contributed by atoms with Crippen LogP contribution < -0.4 is 5.32 Å². The minimum absolute atomic E-state index is 0.139. The molecule has 0 amide bonds. The van der Waals surface area contributed by atoms with Crippen molar-refractivity contribution < 1.29 is 4.74 Å². The topological polar surface area (TPSA) is 47.0 Å². The first-order valence-corrected chi connectivity index (χ1v) is 8.26. The zero-order valence-corrected chi connectivity index (χ0v) is 13.5. The fourth-order valence-corrected chi connectivity index (χ4v) is 3.12. The molecule has 0 bridgehead atoms. The van der Waals surface area contributed by atoms with Crippen LogP contribution in [0.1, 0.15) is 41.4 Å². The molecule has 5 heteroatoms. The number of ether oxygens (including phenoxy) is 1. The van der Waals surface area contributed by atoms with Crippen molar-refractivity contribution in [1.82, 2.24) is 15.5 Å². The van der Waals surface area contributed by atoms with Gasteiger partial charge in [-0.1, -0.05) is 48.6 Å². The van der Waals surface area contributed by atoms with E-state index in [1.807, 2.05) is 6.07 Å². The molecule has 1 atom stereocenters. The van der Waals surface area contributed by atoms with Crippen LogP contribution in [0.25, 0.3) is 0 Å². The summed E-state index contributed by atoms with van der Waals surface area (Å²) in [6.07, 6.45) is 3.02. The molecule has 0 aliphatic carbocycles. The van der Waals surface area contributed by atoms with Gasteiger partial charge in [-0.25, -0.2) is 0 Å². The van der Waals surface area contributed by atoms with Crippen LogP contribution in [0.3, 0.4) is 0 Å². The summed E-state index contributed by atoms with van der Waals surface area (Å²) in [5.74, 6) is 0. The summed E-state index contributed by atoms with van der Waals surface area (Å²) >= 11 is 1.70. The maximum absolute atomic E-state index is 5.08. The standard InChI is InChI=1S/C16H23N3OS/c1-3-11-17-15(13-8-5-4-6-9-13)16-19-18-14(21-16)10-7-12-20-2/h4-6,8-9,15,17H,3,7,10-12H2,1-2H3. The minimum atomic E-state index is 0.139. The Kier molecular flexibility index (Phi) is 6.79. The number of benzene rings is 1. The molecule has 21 heavy (non-hydrogen) atoms. The average molecular weight is 305 g/mol. The lowest BCUT2D eigenvalue weighted by Crippen LogP contribution is -2.23. The van der Waals surface area contributed by atoms with E-state index < -0.39 is 0 Å². The number of hydrogen-bond donors (Lipinski definition) is 1. The van der Waals surface area contributed by atoms with Gasteiger partial charge in [-0.2, -0.15) is 0 Å². The average Bonchev–Trinajstić information content (AvgIpc) is 2.98. The number of aromatic nitrogens is 2. The quantitative estimate of drug-likeness (QED) is 0.723. The lowest BCUT2D eigenvalue weighted by molar-refractivity contribution is 0.195. The lowest BCUT2D eigenvalue weighted by Gasteiger charge is -2.15. The fraction of sp³-hybridized carbons (Fsp3) is 0.500. The molecule has 1 heterocycles. The number of aryl methyl sites for hydroxylation is 1. The van der Waals surface area contributed by atoms with Gasteiger partial charge < -0.3 is 10.1 Å². The Morgan fingerprint density at radius 3 is 2.76 bits per heavy atom. The molecule has 0 aliphatic heterocycles. The third-order valence-corrected chi connectivity index (χ3v) is 4.25. The highest BCUT2D eigenvalue weighted by atomic mass is 32.1. The van der Waals surface area contributed by atoms with E-state index in [1.54, 1.807) is 18.4 Å². The van der Waals surface area contributed by atoms with Crippen LogP contribution in [0.4, 0.5) is 0 Å². The van der Waals surface area contributed by atoms with Gasteiger partial charge in [0.15, 0.2) is 0 Å². The zero-order chi connectivity index (χ0) is 14.9. The normalized spacial score (nSPS) is 12.5. The second-order valence-electron chi connectivity index (χ2n) is 4.93. The van der Waals surface area contributed by atoms with Crippen molar-refractivity contribution in [1.29, 1.82) is 0 Å². The Balaban J connectivity index is 2.09. The Morgan fingerprint density at radius 1 is 1.24 bits per heavy atom. The predicted molar refractivity (Wildman–Crippen MR) is 86.7 cm³/mol. The molecule has 0 spiro atoms. The minimum Gasteiger partial charge on any atom is -0.385 e. The van der Waals surface area contributed by atoms with Gasteiger partial charge >= 0.3 is 0 Å². The summed E-state index contributed by atoms with van der Waals surface area (Å²) in [5.41, 5.74) is 1.24. The van der Waals surface area contributed by atoms with Crippen LogP contribution in [0.5, 0.6) is 0 Å². The number of nitrogens with one attached hydrogen (secondary N) is 1. The van der Waals surface area contributed by atoms with Gasteiger partial charge in [0, 0.05) is 20.1 Å². The molecule has 1 N–H and O–H groups in total. The van der Waals surface area contributed by atoms with Crippen molar-refractivity contribution in [2.24, 2.45) is 0 Å². The number of nitrogens with zero attached hydrogens (tertiary/aromatic N) is 2. The predicted octanol–water partition coefficient (Wildman–Crippen LogP) is 3.21. The van der Waals surface area contributed by atoms with E-state index in [-0.39, 0.29) is 6.04 Å². The smallest absolute Gasteiger partial charge is 0.139 e. The van der Waals surface area contributed by atoms with E-state index in [0.29, 0.717) is 0 Å². The highest BCUT2D eigenvalue weighted by Crippen LogP contribution is 2.25. The zero-order valence-electron chi connectivity index (χ0n) is 12.7. The van der Waals surface area contributed by atoms with E-state index in [4.69, 9.17) is 4.74 Å². The maximum Gasteiger partial charge on any atom is 0.139 e. The summed E-state index contributed by atoms with van der Waals surface area (Å²) in [5, 5.41) is 14.4. The van der Waals surface area contributed by atoms with Gasteiger partial charge in [0.1, 0.15) is 10.0 Å². The van der Waals surface area contributed by atoms with Gasteiger partial charge in [-0.05, 0) is 24.9 Å². The van der Waals surface area contributed by atoms with Crippen molar-refractivity contribution in [3.8, 4) is 0 Å². The van der Waals surface area contributed by atoms with Crippen molar-refractivity contribution in [3.05, 3.63) is 45.9 Å². The summed E-state index contributed by atoms with van der Waals surface area (Å²) in [6, 6.07) is 10.6. The van der Waals surface area contributed by atoms with Crippen LogP contribution in [-0.2, 0) is 11.2 Å². The summed E-state index contributed by atoms with van der Waals surface area (Å²) in [6.45, 7) is 3.91. The van der Waals surface area contributed by atoms with Crippen molar-refractivity contribution >= 4 is 11.3 Å². The van der Waals surface area contributed by atoms with Gasteiger partial charge in [0.2, 0.25) is 0 Å². The van der Waals surface area contributed by atoms with Gasteiger partial charge in [-0.3, -0.25) is 0 Å². The van der Waals surface area contributed by atoms with Crippen molar-refractivity contribution in [2.75, 3.05) is 20.3 Å². The van der Waals surface area contributed by atoms with E-state index >= 15 is 0 Å². The van der Waals surface area contributed by atoms with Gasteiger partial charge in [0.05, 0.1) is 6.04 Å². The van der Waals surface area contributed by atoms with Crippen molar-refractivity contribution in [3.63, 3.8) is 0 Å².